The van der Waals surface area contributed by atoms with E-state index in [0.29, 0.717) is 0 Å². The van der Waals surface area contributed by atoms with Gasteiger partial charge >= 0.3 is 0 Å². The maximum atomic E-state index is 2.35. The number of hydrogen-bond acceptors (Lipinski definition) is 0. The van der Waals surface area contributed by atoms with Gasteiger partial charge in [0.1, 0.15) is 0 Å². The number of rotatable bonds is 5. The average Bonchev–Trinajstić information content (AvgIpc) is 1.88. The minimum Gasteiger partial charge on any atom is -0.0680 e. The van der Waals surface area contributed by atoms with E-state index in [4.69, 9.17) is 0 Å². The maximum absolute atomic E-state index is 2.35. The van der Waals surface area contributed by atoms with Crippen molar-refractivity contribution in [3.8, 4) is 0 Å². The molecule has 0 saturated heterocycles. The molecule has 0 aliphatic rings. The maximum Gasteiger partial charge on any atom is 0.0476 e. The molecule has 0 amide bonds. The van der Waals surface area contributed by atoms with Crippen LogP contribution in [0.5, 0.6) is 0 Å². The van der Waals surface area contributed by atoms with E-state index >= 15 is 0 Å². The van der Waals surface area contributed by atoms with Crippen molar-refractivity contribution < 1.29 is 0 Å². The van der Waals surface area contributed by atoms with Crippen LogP contribution >= 0.6 is 0 Å². The molecule has 0 aromatic heterocycles. The molecule has 0 unspecified atom stereocenters. The second-order valence-corrected chi connectivity index (χ2v) is 5.81. The van der Waals surface area contributed by atoms with Crippen LogP contribution in [0.3, 0.4) is 0 Å². The van der Waals surface area contributed by atoms with Crippen LogP contribution in [0.25, 0.3) is 0 Å². The summed E-state index contributed by atoms with van der Waals surface area (Å²) < 4.78 is 0. The molecule has 0 aromatic carbocycles. The first-order valence-corrected chi connectivity index (χ1v) is 6.30. The molecule has 0 bridgehead atoms. The zero-order valence-electron chi connectivity index (χ0n) is 7.04. The molecule has 9 heavy (non-hydrogen) atoms. The molecule has 0 saturated carbocycles. The van der Waals surface area contributed by atoms with E-state index in [0.717, 1.165) is 0 Å². The molecule has 0 spiro atoms. The summed E-state index contributed by atoms with van der Waals surface area (Å²) in [5.74, 6) is 0. The second-order valence-electron chi connectivity index (χ2n) is 2.60. The van der Waals surface area contributed by atoms with Gasteiger partial charge in [0, 0.05) is 8.80 Å². The van der Waals surface area contributed by atoms with Gasteiger partial charge in [0.2, 0.25) is 0 Å². The highest BCUT2D eigenvalue weighted by Crippen LogP contribution is 2.09. The fourth-order valence-corrected chi connectivity index (χ4v) is 3.56. The van der Waals surface area contributed by atoms with Crippen molar-refractivity contribution in [2.45, 2.75) is 51.7 Å². The van der Waals surface area contributed by atoms with Crippen molar-refractivity contribution in [3.05, 3.63) is 0 Å². The van der Waals surface area contributed by atoms with Crippen LogP contribution in [0.2, 0.25) is 18.1 Å². The van der Waals surface area contributed by atoms with Crippen molar-refractivity contribution in [1.82, 2.24) is 0 Å². The van der Waals surface area contributed by atoms with Crippen LogP contribution in [0, 0.1) is 0 Å². The zero-order chi connectivity index (χ0) is 7.11. The minimum absolute atomic E-state index is 0.114. The van der Waals surface area contributed by atoms with Gasteiger partial charge in [-0.05, 0) is 0 Å². The molecule has 1 radical (unpaired) electrons. The number of hydrogen-bond donors (Lipinski definition) is 0. The Hall–Kier alpha value is 0.217. The van der Waals surface area contributed by atoms with E-state index in [-0.39, 0.29) is 8.80 Å². The first kappa shape index (κ1) is 9.22. The van der Waals surface area contributed by atoms with E-state index in [1.54, 1.807) is 0 Å². The molecule has 0 fully saturated rings. The lowest BCUT2D eigenvalue weighted by molar-refractivity contribution is 0.992. The van der Waals surface area contributed by atoms with Crippen LogP contribution in [0.15, 0.2) is 0 Å². The molecule has 1 heteroatoms. The van der Waals surface area contributed by atoms with Crippen molar-refractivity contribution >= 4 is 8.80 Å². The van der Waals surface area contributed by atoms with Crippen molar-refractivity contribution in [1.29, 1.82) is 0 Å². The highest BCUT2D eigenvalue weighted by molar-refractivity contribution is 6.58. The van der Waals surface area contributed by atoms with Gasteiger partial charge in [-0.15, -0.1) is 0 Å². The Kier molecular flexibility index (Phi) is 6.49. The van der Waals surface area contributed by atoms with E-state index in [9.17, 15) is 0 Å². The molecule has 0 N–H and O–H groups in total. The summed E-state index contributed by atoms with van der Waals surface area (Å²) in [4.78, 5) is 0. The zero-order valence-corrected chi connectivity index (χ0v) is 8.04. The first-order chi connectivity index (χ1) is 4.35. The van der Waals surface area contributed by atoms with Crippen LogP contribution in [-0.4, -0.2) is 8.80 Å². The van der Waals surface area contributed by atoms with Gasteiger partial charge < -0.3 is 0 Å². The van der Waals surface area contributed by atoms with Gasteiger partial charge in [-0.25, -0.2) is 0 Å². The Morgan fingerprint density at radius 2 is 1.33 bits per heavy atom. The normalized spacial score (nSPS) is 10.7. The summed E-state index contributed by atoms with van der Waals surface area (Å²) in [6, 6.07) is 4.55. The fraction of sp³-hybridized carbons (Fsp3) is 1.00. The summed E-state index contributed by atoms with van der Waals surface area (Å²) in [5.41, 5.74) is 0. The Morgan fingerprint density at radius 1 is 0.889 bits per heavy atom. The molecule has 0 heterocycles. The Balaban J connectivity index is 3.18. The van der Waals surface area contributed by atoms with Gasteiger partial charge in [0.15, 0.2) is 0 Å². The van der Waals surface area contributed by atoms with Crippen molar-refractivity contribution in [2.24, 2.45) is 0 Å². The molecule has 0 aliphatic carbocycles. The molecule has 55 valence electrons. The average molecular weight is 143 g/mol. The summed E-state index contributed by atoms with van der Waals surface area (Å²) in [6.07, 6.45) is 2.81. The van der Waals surface area contributed by atoms with Crippen LogP contribution in [0.4, 0.5) is 0 Å². The van der Waals surface area contributed by atoms with E-state index < -0.39 is 0 Å². The molecular weight excluding hydrogens is 124 g/mol. The lowest BCUT2D eigenvalue weighted by Gasteiger charge is -2.08. The van der Waals surface area contributed by atoms with Gasteiger partial charge in [0.05, 0.1) is 0 Å². The van der Waals surface area contributed by atoms with Crippen LogP contribution < -0.4 is 0 Å². The van der Waals surface area contributed by atoms with E-state index in [1.807, 2.05) is 0 Å². The van der Waals surface area contributed by atoms with Gasteiger partial charge in [-0.1, -0.05) is 51.7 Å². The predicted molar refractivity (Wildman–Crippen MR) is 46.4 cm³/mol. The van der Waals surface area contributed by atoms with Gasteiger partial charge in [-0.2, -0.15) is 0 Å². The third-order valence-electron chi connectivity index (χ3n) is 1.71. The highest BCUT2D eigenvalue weighted by Gasteiger charge is 2.03. The van der Waals surface area contributed by atoms with Crippen molar-refractivity contribution in [3.63, 3.8) is 0 Å². The third kappa shape index (κ3) is 4.70. The monoisotopic (exact) mass is 143 g/mol. The molecule has 0 aromatic rings. The summed E-state index contributed by atoms with van der Waals surface area (Å²) in [5, 5.41) is 0. The molecule has 0 rings (SSSR count). The van der Waals surface area contributed by atoms with Crippen LogP contribution in [0.1, 0.15) is 33.6 Å². The Bertz CT molecular complexity index is 46.5. The third-order valence-corrected chi connectivity index (χ3v) is 5.12. The van der Waals surface area contributed by atoms with E-state index in [1.165, 1.54) is 31.0 Å². The quantitative estimate of drug-likeness (QED) is 0.518. The van der Waals surface area contributed by atoms with Crippen LogP contribution in [-0.2, 0) is 0 Å². The summed E-state index contributed by atoms with van der Waals surface area (Å²) in [7, 11) is 0.114. The summed E-state index contributed by atoms with van der Waals surface area (Å²) >= 11 is 0. The topological polar surface area (TPSA) is 0 Å². The lowest BCUT2D eigenvalue weighted by atomic mass is 10.6. The lowest BCUT2D eigenvalue weighted by Crippen LogP contribution is -2.08. The van der Waals surface area contributed by atoms with Crippen molar-refractivity contribution in [2.75, 3.05) is 0 Å². The standard InChI is InChI=1S/C8H19Si/c1-4-7-9(6-3)8-5-2/h4-8H2,1-3H3. The molecular formula is C8H19Si. The molecule has 0 aliphatic heterocycles. The smallest absolute Gasteiger partial charge is 0.0476 e. The summed E-state index contributed by atoms with van der Waals surface area (Å²) in [6.45, 7) is 6.95. The Labute approximate surface area is 61.3 Å². The van der Waals surface area contributed by atoms with Gasteiger partial charge in [0.25, 0.3) is 0 Å². The Morgan fingerprint density at radius 3 is 1.56 bits per heavy atom. The highest BCUT2D eigenvalue weighted by atomic mass is 28.3. The SMILES string of the molecule is CCC[Si](CC)CCC. The molecule has 0 nitrogen and oxygen atoms in total. The second kappa shape index (κ2) is 6.34. The van der Waals surface area contributed by atoms with Gasteiger partial charge in [-0.3, -0.25) is 0 Å². The molecule has 0 atom stereocenters. The minimum atomic E-state index is 0.114. The fourth-order valence-electron chi connectivity index (χ4n) is 1.19. The van der Waals surface area contributed by atoms with E-state index in [2.05, 4.69) is 20.8 Å². The largest absolute Gasteiger partial charge is 0.0680 e. The predicted octanol–water partition coefficient (Wildman–Crippen LogP) is 3.32. The first-order valence-electron chi connectivity index (χ1n) is 4.18.